The lowest BCUT2D eigenvalue weighted by atomic mass is 9.93. The Morgan fingerprint density at radius 2 is 2.10 bits per heavy atom. The highest BCUT2D eigenvalue weighted by atomic mass is 19.1. The van der Waals surface area contributed by atoms with Gasteiger partial charge < -0.3 is 10.2 Å². The smallest absolute Gasteiger partial charge is 0.275 e. The molecule has 1 aromatic heterocycles. The molecule has 0 aliphatic carbocycles. The maximum atomic E-state index is 13.2. The third-order valence-corrected chi connectivity index (χ3v) is 5.72. The number of para-hydroxylation sites is 1. The highest BCUT2D eigenvalue weighted by molar-refractivity contribution is 6.04. The number of fused-ring (bicyclic) bond motifs is 1. The Morgan fingerprint density at radius 3 is 2.93 bits per heavy atom. The summed E-state index contributed by atoms with van der Waals surface area (Å²) < 4.78 is 13.2. The van der Waals surface area contributed by atoms with E-state index in [0.29, 0.717) is 42.9 Å². The molecule has 2 amide bonds. The van der Waals surface area contributed by atoms with Gasteiger partial charge in [0, 0.05) is 30.6 Å². The van der Waals surface area contributed by atoms with Crippen LogP contribution in [-0.4, -0.2) is 40.0 Å². The topological polar surface area (TPSA) is 78.1 Å². The lowest BCUT2D eigenvalue weighted by Crippen LogP contribution is -2.40. The second-order valence-corrected chi connectivity index (χ2v) is 7.92. The van der Waals surface area contributed by atoms with E-state index in [9.17, 15) is 14.0 Å². The van der Waals surface area contributed by atoms with Gasteiger partial charge in [0.2, 0.25) is 5.91 Å². The summed E-state index contributed by atoms with van der Waals surface area (Å²) in [6.07, 6.45) is 2.98. The lowest BCUT2D eigenvalue weighted by molar-refractivity contribution is -0.116. The number of carbonyl (C=O) groups is 2. The van der Waals surface area contributed by atoms with Gasteiger partial charge in [0.15, 0.2) is 5.69 Å². The Morgan fingerprint density at radius 1 is 1.27 bits per heavy atom. The average molecular weight is 408 g/mol. The molecule has 1 fully saturated rings. The minimum Gasteiger partial charge on any atom is -0.337 e. The van der Waals surface area contributed by atoms with E-state index in [0.717, 1.165) is 23.7 Å². The minimum atomic E-state index is -0.317. The SMILES string of the molecule is Cc1cc(F)ccc1NC(=O)CCC1CCCN(C(=O)c2n[nH]c3ccccc23)C1. The first-order chi connectivity index (χ1) is 14.5. The largest absolute Gasteiger partial charge is 0.337 e. The van der Waals surface area contributed by atoms with E-state index in [-0.39, 0.29) is 23.5 Å². The number of piperidine rings is 1. The molecule has 2 aromatic carbocycles. The summed E-state index contributed by atoms with van der Waals surface area (Å²) in [6.45, 7) is 3.10. The summed E-state index contributed by atoms with van der Waals surface area (Å²) in [6, 6.07) is 11.9. The number of halogens is 1. The number of hydrogen-bond donors (Lipinski definition) is 2. The molecule has 1 aliphatic heterocycles. The van der Waals surface area contributed by atoms with Crippen molar-refractivity contribution in [2.24, 2.45) is 5.92 Å². The zero-order chi connectivity index (χ0) is 21.1. The van der Waals surface area contributed by atoms with Gasteiger partial charge in [0.05, 0.1) is 5.52 Å². The van der Waals surface area contributed by atoms with Gasteiger partial charge in [-0.05, 0) is 61.9 Å². The number of benzene rings is 2. The van der Waals surface area contributed by atoms with Crippen LogP contribution in [-0.2, 0) is 4.79 Å². The summed E-state index contributed by atoms with van der Waals surface area (Å²) in [5.74, 6) is -0.204. The number of H-pyrrole nitrogens is 1. The second kappa shape index (κ2) is 8.65. The van der Waals surface area contributed by atoms with Crippen LogP contribution in [0.15, 0.2) is 42.5 Å². The van der Waals surface area contributed by atoms with Crippen molar-refractivity contribution in [3.8, 4) is 0 Å². The van der Waals surface area contributed by atoms with E-state index in [2.05, 4.69) is 15.5 Å². The maximum Gasteiger partial charge on any atom is 0.275 e. The maximum absolute atomic E-state index is 13.2. The molecule has 156 valence electrons. The standard InChI is InChI=1S/C23H25FN4O2/c1-15-13-17(24)9-10-19(15)25-21(29)11-8-16-5-4-12-28(14-16)23(30)22-18-6-2-3-7-20(18)26-27-22/h2-3,6-7,9-10,13,16H,4-5,8,11-12,14H2,1H3,(H,25,29)(H,26,27). The number of aromatic amines is 1. The van der Waals surface area contributed by atoms with Crippen molar-refractivity contribution in [2.45, 2.75) is 32.6 Å². The van der Waals surface area contributed by atoms with Gasteiger partial charge in [0.1, 0.15) is 5.82 Å². The van der Waals surface area contributed by atoms with Gasteiger partial charge in [-0.1, -0.05) is 18.2 Å². The monoisotopic (exact) mass is 408 g/mol. The number of rotatable bonds is 5. The van der Waals surface area contributed by atoms with Gasteiger partial charge >= 0.3 is 0 Å². The number of aryl methyl sites for hydroxylation is 1. The first kappa shape index (κ1) is 20.1. The first-order valence-electron chi connectivity index (χ1n) is 10.3. The third-order valence-electron chi connectivity index (χ3n) is 5.72. The second-order valence-electron chi connectivity index (χ2n) is 7.92. The van der Waals surface area contributed by atoms with Crippen LogP contribution in [0, 0.1) is 18.7 Å². The minimum absolute atomic E-state index is 0.0662. The van der Waals surface area contributed by atoms with E-state index in [1.807, 2.05) is 29.2 Å². The van der Waals surface area contributed by atoms with Crippen molar-refractivity contribution in [3.63, 3.8) is 0 Å². The highest BCUT2D eigenvalue weighted by Gasteiger charge is 2.27. The van der Waals surface area contributed by atoms with Gasteiger partial charge in [-0.15, -0.1) is 0 Å². The number of carbonyl (C=O) groups excluding carboxylic acids is 2. The van der Waals surface area contributed by atoms with Crippen LogP contribution in [0.1, 0.15) is 41.7 Å². The Balaban J connectivity index is 1.33. The lowest BCUT2D eigenvalue weighted by Gasteiger charge is -2.32. The van der Waals surface area contributed by atoms with E-state index in [4.69, 9.17) is 0 Å². The Bertz CT molecular complexity index is 1080. The molecule has 3 aromatic rings. The molecule has 0 radical (unpaired) electrons. The molecular formula is C23H25FN4O2. The van der Waals surface area contributed by atoms with Crippen LogP contribution in [0.25, 0.3) is 10.9 Å². The van der Waals surface area contributed by atoms with Crippen LogP contribution in [0.2, 0.25) is 0 Å². The molecule has 1 aliphatic rings. The Hall–Kier alpha value is -3.22. The predicted molar refractivity (Wildman–Crippen MR) is 114 cm³/mol. The van der Waals surface area contributed by atoms with E-state index in [1.54, 1.807) is 13.0 Å². The number of amides is 2. The van der Waals surface area contributed by atoms with E-state index in [1.165, 1.54) is 12.1 Å². The van der Waals surface area contributed by atoms with Crippen molar-refractivity contribution >= 4 is 28.4 Å². The van der Waals surface area contributed by atoms with Crippen molar-refractivity contribution in [1.82, 2.24) is 15.1 Å². The van der Waals surface area contributed by atoms with E-state index >= 15 is 0 Å². The molecule has 1 atom stereocenters. The molecule has 2 heterocycles. The predicted octanol–water partition coefficient (Wildman–Crippen LogP) is 4.28. The number of anilines is 1. The quantitative estimate of drug-likeness (QED) is 0.661. The van der Waals surface area contributed by atoms with E-state index < -0.39 is 0 Å². The van der Waals surface area contributed by atoms with Gasteiger partial charge in [-0.2, -0.15) is 5.10 Å². The van der Waals surface area contributed by atoms with Crippen LogP contribution in [0.5, 0.6) is 0 Å². The average Bonchev–Trinajstić information content (AvgIpc) is 3.18. The number of aromatic nitrogens is 2. The number of nitrogens with one attached hydrogen (secondary N) is 2. The summed E-state index contributed by atoms with van der Waals surface area (Å²) >= 11 is 0. The van der Waals surface area contributed by atoms with Crippen molar-refractivity contribution in [2.75, 3.05) is 18.4 Å². The molecule has 2 N–H and O–H groups in total. The molecule has 30 heavy (non-hydrogen) atoms. The van der Waals surface area contributed by atoms with Gasteiger partial charge in [-0.3, -0.25) is 14.7 Å². The van der Waals surface area contributed by atoms with Gasteiger partial charge in [-0.25, -0.2) is 4.39 Å². The Kier molecular flexibility index (Phi) is 5.79. The third kappa shape index (κ3) is 4.35. The number of hydrogen-bond acceptors (Lipinski definition) is 3. The fourth-order valence-corrected chi connectivity index (χ4v) is 4.08. The normalized spacial score (nSPS) is 16.6. The fourth-order valence-electron chi connectivity index (χ4n) is 4.08. The molecule has 0 spiro atoms. The summed E-state index contributed by atoms with van der Waals surface area (Å²) in [4.78, 5) is 27.2. The first-order valence-corrected chi connectivity index (χ1v) is 10.3. The van der Waals surface area contributed by atoms with Crippen molar-refractivity contribution < 1.29 is 14.0 Å². The molecular weight excluding hydrogens is 383 g/mol. The van der Waals surface area contributed by atoms with Crippen LogP contribution in [0.3, 0.4) is 0 Å². The Labute approximate surface area is 174 Å². The molecule has 6 nitrogen and oxygen atoms in total. The molecule has 1 unspecified atom stereocenters. The number of nitrogens with zero attached hydrogens (tertiary/aromatic N) is 2. The summed E-state index contributed by atoms with van der Waals surface area (Å²) in [7, 11) is 0. The summed E-state index contributed by atoms with van der Waals surface area (Å²) in [5.41, 5.74) is 2.63. The highest BCUT2D eigenvalue weighted by Crippen LogP contribution is 2.25. The molecule has 4 rings (SSSR count). The zero-order valence-corrected chi connectivity index (χ0v) is 17.0. The van der Waals surface area contributed by atoms with Gasteiger partial charge in [0.25, 0.3) is 5.91 Å². The van der Waals surface area contributed by atoms with Crippen LogP contribution in [0.4, 0.5) is 10.1 Å². The number of likely N-dealkylation sites (tertiary alicyclic amines) is 1. The summed E-state index contributed by atoms with van der Waals surface area (Å²) in [5, 5.41) is 10.8. The zero-order valence-electron chi connectivity index (χ0n) is 17.0. The van der Waals surface area contributed by atoms with Crippen molar-refractivity contribution in [1.29, 1.82) is 0 Å². The van der Waals surface area contributed by atoms with Crippen LogP contribution >= 0.6 is 0 Å². The molecule has 0 bridgehead atoms. The molecule has 7 heteroatoms. The molecule has 1 saturated heterocycles. The van der Waals surface area contributed by atoms with Crippen molar-refractivity contribution in [3.05, 3.63) is 59.5 Å². The fraction of sp³-hybridized carbons (Fsp3) is 0.348. The molecule has 0 saturated carbocycles. The van der Waals surface area contributed by atoms with Crippen LogP contribution < -0.4 is 5.32 Å².